The number of hydrogen-bond donors (Lipinski definition) is 1. The largest absolute Gasteiger partial charge is 0.355 e. The molecule has 1 N–H and O–H groups in total. The van der Waals surface area contributed by atoms with Crippen LogP contribution in [0.4, 0.5) is 0 Å². The van der Waals surface area contributed by atoms with Gasteiger partial charge in [0.2, 0.25) is 5.91 Å². The molecule has 0 unspecified atom stereocenters. The van der Waals surface area contributed by atoms with Crippen molar-refractivity contribution >= 4 is 23.6 Å². The molecule has 166 valence electrons. The Morgan fingerprint density at radius 1 is 1.17 bits per heavy atom. The highest BCUT2D eigenvalue weighted by Gasteiger charge is 2.29. The fraction of sp³-hybridized carbons (Fsp3) is 0.652. The molecule has 1 aliphatic heterocycles. The standard InChI is InChI=1S/C23H37N5OS/c1-24-23(26(2)18-19-8-10-21(30-3)11-9-19)25-12-13-27-14-16-28(17-15-27)22(29)20-6-4-5-7-20/h8-11,20H,4-7,12-18H2,1-3H3,(H,24,25). The van der Waals surface area contributed by atoms with Crippen LogP contribution >= 0.6 is 11.8 Å². The van der Waals surface area contributed by atoms with Crippen molar-refractivity contribution in [2.24, 2.45) is 10.9 Å². The van der Waals surface area contributed by atoms with Crippen molar-refractivity contribution in [2.75, 3.05) is 59.6 Å². The quantitative estimate of drug-likeness (QED) is 0.409. The summed E-state index contributed by atoms with van der Waals surface area (Å²) < 4.78 is 0. The monoisotopic (exact) mass is 431 g/mol. The fourth-order valence-corrected chi connectivity index (χ4v) is 4.82. The molecule has 1 aromatic rings. The second kappa shape index (κ2) is 11.6. The van der Waals surface area contributed by atoms with E-state index in [2.05, 4.69) is 62.6 Å². The third kappa shape index (κ3) is 6.38. The Labute approximate surface area is 186 Å². The molecule has 0 bridgehead atoms. The first-order valence-corrected chi connectivity index (χ1v) is 12.4. The van der Waals surface area contributed by atoms with Crippen molar-refractivity contribution < 1.29 is 4.79 Å². The summed E-state index contributed by atoms with van der Waals surface area (Å²) in [5.41, 5.74) is 1.28. The molecule has 1 aliphatic carbocycles. The van der Waals surface area contributed by atoms with Crippen LogP contribution in [-0.4, -0.2) is 86.2 Å². The Balaban J connectivity index is 1.36. The number of guanidine groups is 1. The van der Waals surface area contributed by atoms with E-state index >= 15 is 0 Å². The van der Waals surface area contributed by atoms with Crippen LogP contribution in [0, 0.1) is 5.92 Å². The number of piperazine rings is 1. The molecule has 2 fully saturated rings. The lowest BCUT2D eigenvalue weighted by Gasteiger charge is -2.36. The summed E-state index contributed by atoms with van der Waals surface area (Å²) in [6.45, 7) is 6.34. The fourth-order valence-electron chi connectivity index (χ4n) is 4.41. The molecule has 0 radical (unpaired) electrons. The van der Waals surface area contributed by atoms with Crippen LogP contribution in [0.15, 0.2) is 34.2 Å². The van der Waals surface area contributed by atoms with Gasteiger partial charge in [-0.05, 0) is 36.8 Å². The van der Waals surface area contributed by atoms with Gasteiger partial charge in [-0.25, -0.2) is 0 Å². The van der Waals surface area contributed by atoms with E-state index in [0.29, 0.717) is 11.8 Å². The van der Waals surface area contributed by atoms with Gasteiger partial charge in [0.1, 0.15) is 0 Å². The third-order valence-electron chi connectivity index (χ3n) is 6.25. The van der Waals surface area contributed by atoms with Gasteiger partial charge in [0.25, 0.3) is 0 Å². The van der Waals surface area contributed by atoms with Gasteiger partial charge in [-0.1, -0.05) is 25.0 Å². The van der Waals surface area contributed by atoms with Crippen LogP contribution < -0.4 is 5.32 Å². The molecule has 0 spiro atoms. The summed E-state index contributed by atoms with van der Waals surface area (Å²) in [6, 6.07) is 8.70. The van der Waals surface area contributed by atoms with Crippen LogP contribution in [0.2, 0.25) is 0 Å². The lowest BCUT2D eigenvalue weighted by molar-refractivity contribution is -0.137. The number of thioether (sulfide) groups is 1. The number of hydrogen-bond acceptors (Lipinski definition) is 4. The molecule has 6 nitrogen and oxygen atoms in total. The first kappa shape index (κ1) is 22.9. The minimum absolute atomic E-state index is 0.300. The molecular weight excluding hydrogens is 394 g/mol. The highest BCUT2D eigenvalue weighted by atomic mass is 32.2. The lowest BCUT2D eigenvalue weighted by Crippen LogP contribution is -2.51. The maximum Gasteiger partial charge on any atom is 0.225 e. The van der Waals surface area contributed by atoms with Crippen molar-refractivity contribution in [1.82, 2.24) is 20.0 Å². The Bertz CT molecular complexity index is 694. The molecule has 7 heteroatoms. The normalized spacial score (nSPS) is 18.6. The van der Waals surface area contributed by atoms with Gasteiger partial charge in [-0.3, -0.25) is 14.7 Å². The van der Waals surface area contributed by atoms with Crippen LogP contribution in [0.5, 0.6) is 0 Å². The third-order valence-corrected chi connectivity index (χ3v) is 7.00. The van der Waals surface area contributed by atoms with Crippen molar-refractivity contribution in [3.63, 3.8) is 0 Å². The minimum atomic E-state index is 0.300. The molecule has 0 atom stereocenters. The van der Waals surface area contributed by atoms with Crippen molar-refractivity contribution in [3.8, 4) is 0 Å². The molecule has 0 aromatic heterocycles. The lowest BCUT2D eigenvalue weighted by atomic mass is 10.1. The average molecular weight is 432 g/mol. The Morgan fingerprint density at radius 2 is 1.83 bits per heavy atom. The van der Waals surface area contributed by atoms with Crippen LogP contribution in [-0.2, 0) is 11.3 Å². The molecule has 1 amide bonds. The zero-order valence-electron chi connectivity index (χ0n) is 18.8. The Hall–Kier alpha value is -1.73. The molecule has 3 rings (SSSR count). The molecule has 1 heterocycles. The molecule has 30 heavy (non-hydrogen) atoms. The van der Waals surface area contributed by atoms with E-state index in [9.17, 15) is 4.79 Å². The second-order valence-corrected chi connectivity index (χ2v) is 9.21. The number of nitrogens with one attached hydrogen (secondary N) is 1. The van der Waals surface area contributed by atoms with Gasteiger partial charge < -0.3 is 15.1 Å². The predicted molar refractivity (Wildman–Crippen MR) is 126 cm³/mol. The average Bonchev–Trinajstić information content (AvgIpc) is 3.32. The van der Waals surface area contributed by atoms with E-state index in [-0.39, 0.29) is 0 Å². The summed E-state index contributed by atoms with van der Waals surface area (Å²) in [7, 11) is 3.91. The van der Waals surface area contributed by atoms with Crippen molar-refractivity contribution in [3.05, 3.63) is 29.8 Å². The van der Waals surface area contributed by atoms with Crippen LogP contribution in [0.3, 0.4) is 0 Å². The van der Waals surface area contributed by atoms with Gasteiger partial charge >= 0.3 is 0 Å². The van der Waals surface area contributed by atoms with Crippen LogP contribution in [0.1, 0.15) is 31.2 Å². The van der Waals surface area contributed by atoms with Crippen molar-refractivity contribution in [2.45, 2.75) is 37.1 Å². The summed E-state index contributed by atoms with van der Waals surface area (Å²) in [4.78, 5) is 25.0. The summed E-state index contributed by atoms with van der Waals surface area (Å²) in [6.07, 6.45) is 6.73. The number of benzene rings is 1. The number of amides is 1. The zero-order valence-corrected chi connectivity index (χ0v) is 19.6. The Morgan fingerprint density at radius 3 is 2.43 bits per heavy atom. The molecule has 2 aliphatic rings. The van der Waals surface area contributed by atoms with E-state index in [4.69, 9.17) is 0 Å². The predicted octanol–water partition coefficient (Wildman–Crippen LogP) is 2.75. The van der Waals surface area contributed by atoms with E-state index in [1.807, 2.05) is 7.05 Å². The minimum Gasteiger partial charge on any atom is -0.355 e. The maximum atomic E-state index is 12.6. The van der Waals surface area contributed by atoms with Gasteiger partial charge in [0, 0.05) is 70.7 Å². The maximum absolute atomic E-state index is 12.6. The van der Waals surface area contributed by atoms with Gasteiger partial charge in [0.05, 0.1) is 0 Å². The molecule has 1 saturated carbocycles. The Kier molecular flexibility index (Phi) is 8.88. The first-order valence-electron chi connectivity index (χ1n) is 11.2. The van der Waals surface area contributed by atoms with E-state index in [1.54, 1.807) is 11.8 Å². The highest BCUT2D eigenvalue weighted by molar-refractivity contribution is 7.98. The second-order valence-electron chi connectivity index (χ2n) is 8.33. The smallest absolute Gasteiger partial charge is 0.225 e. The first-order chi connectivity index (χ1) is 14.6. The number of aliphatic imine (C=N–C) groups is 1. The molecule has 1 aromatic carbocycles. The van der Waals surface area contributed by atoms with Crippen LogP contribution in [0.25, 0.3) is 0 Å². The number of nitrogens with zero attached hydrogens (tertiary/aromatic N) is 4. The van der Waals surface area contributed by atoms with Gasteiger partial charge in [-0.2, -0.15) is 0 Å². The molecular formula is C23H37N5OS. The van der Waals surface area contributed by atoms with E-state index in [1.165, 1.54) is 23.3 Å². The summed E-state index contributed by atoms with van der Waals surface area (Å²) >= 11 is 1.76. The number of rotatable bonds is 7. The summed E-state index contributed by atoms with van der Waals surface area (Å²) in [5, 5.41) is 3.49. The van der Waals surface area contributed by atoms with Gasteiger partial charge in [-0.15, -0.1) is 11.8 Å². The van der Waals surface area contributed by atoms with Gasteiger partial charge in [0.15, 0.2) is 5.96 Å². The van der Waals surface area contributed by atoms with E-state index < -0.39 is 0 Å². The summed E-state index contributed by atoms with van der Waals surface area (Å²) in [5.74, 6) is 1.62. The topological polar surface area (TPSA) is 51.2 Å². The highest BCUT2D eigenvalue weighted by Crippen LogP contribution is 2.26. The zero-order chi connectivity index (χ0) is 21.3. The number of carbonyl (C=O) groups is 1. The number of carbonyl (C=O) groups excluding carboxylic acids is 1. The van der Waals surface area contributed by atoms with Crippen molar-refractivity contribution in [1.29, 1.82) is 0 Å². The molecule has 1 saturated heterocycles. The SMILES string of the molecule is CN=C(NCCN1CCN(C(=O)C2CCCC2)CC1)N(C)Cc1ccc(SC)cc1. The van der Waals surface area contributed by atoms with E-state index in [0.717, 1.165) is 64.6 Å².